The van der Waals surface area contributed by atoms with E-state index in [4.69, 9.17) is 14.2 Å². The number of benzene rings is 1. The minimum Gasteiger partial charge on any atom is -1.00 e. The molecular weight excluding hydrogens is 374 g/mol. The predicted octanol–water partition coefficient (Wildman–Crippen LogP) is 1.74. The molecule has 4 nitrogen and oxygen atoms in total. The topological polar surface area (TPSA) is 44.8 Å². The van der Waals surface area contributed by atoms with Gasteiger partial charge in [0.1, 0.15) is 11.3 Å². The molecule has 1 aliphatic carbocycles. The summed E-state index contributed by atoms with van der Waals surface area (Å²) in [6.45, 7) is 0. The molecule has 1 aromatic rings. The molecule has 0 radical (unpaired) electrons. The van der Waals surface area contributed by atoms with E-state index >= 15 is 0 Å². The molecule has 0 amide bonds. The zero-order valence-electron chi connectivity index (χ0n) is 15.2. The monoisotopic (exact) mass is 396 g/mol. The van der Waals surface area contributed by atoms with Gasteiger partial charge in [-0.05, 0) is 43.0 Å². The van der Waals surface area contributed by atoms with Gasteiger partial charge in [0.2, 0.25) is 0 Å². The second kappa shape index (κ2) is 9.94. The van der Waals surface area contributed by atoms with E-state index < -0.39 is 0 Å². The first-order valence-electron chi connectivity index (χ1n) is 7.41. The Morgan fingerprint density at radius 1 is 1.13 bits per heavy atom. The van der Waals surface area contributed by atoms with Crippen molar-refractivity contribution >= 4 is 30.0 Å². The fourth-order valence-electron chi connectivity index (χ4n) is 2.86. The van der Waals surface area contributed by atoms with Gasteiger partial charge >= 0.3 is 18.9 Å². The van der Waals surface area contributed by atoms with E-state index in [-0.39, 0.29) is 34.4 Å². The Morgan fingerprint density at radius 3 is 2.26 bits per heavy atom. The fraction of sp³-hybridized carbons (Fsp3) is 0.562. The minimum absolute atomic E-state index is 0. The summed E-state index contributed by atoms with van der Waals surface area (Å²) in [4.78, 5) is 12.9. The summed E-state index contributed by atoms with van der Waals surface area (Å²) in [5.41, 5.74) is 1.06. The van der Waals surface area contributed by atoms with Gasteiger partial charge in [-0.1, -0.05) is 19.3 Å². The van der Waals surface area contributed by atoms with Crippen molar-refractivity contribution in [1.29, 1.82) is 0 Å². The summed E-state index contributed by atoms with van der Waals surface area (Å²) in [6, 6.07) is 1.76. The zero-order chi connectivity index (χ0) is 16.1. The summed E-state index contributed by atoms with van der Waals surface area (Å²) in [5, 5.41) is 0. The number of rotatable bonds is 6. The van der Waals surface area contributed by atoms with Gasteiger partial charge < -0.3 is 15.6 Å². The van der Waals surface area contributed by atoms with Crippen LogP contribution < -0.4 is 33.1 Å². The molecule has 0 aromatic heterocycles. The molecule has 0 saturated heterocycles. The number of carbonyl (C=O) groups excluding carboxylic acids is 1. The van der Waals surface area contributed by atoms with Crippen molar-refractivity contribution in [2.45, 2.75) is 37.8 Å². The van der Waals surface area contributed by atoms with Gasteiger partial charge in [0.25, 0.3) is 0 Å². The maximum atomic E-state index is 12.9. The molecule has 0 N–H and O–H groups in total. The third kappa shape index (κ3) is 4.89. The number of ether oxygens (including phenoxy) is 3. The van der Waals surface area contributed by atoms with Crippen LogP contribution in [0.4, 0.5) is 0 Å². The van der Waals surface area contributed by atoms with Crippen molar-refractivity contribution < 1.29 is 39.3 Å². The van der Waals surface area contributed by atoms with Crippen LogP contribution in [-0.4, -0.2) is 32.5 Å². The summed E-state index contributed by atoms with van der Waals surface area (Å²) in [5.74, 6) is 1.51. The molecular formula is C16H23BrLiO4P. The first-order chi connectivity index (χ1) is 10.6. The molecule has 0 spiro atoms. The van der Waals surface area contributed by atoms with E-state index in [0.717, 1.165) is 12.8 Å². The Kier molecular flexibility index (Phi) is 9.01. The molecule has 2 rings (SSSR count). The SMILES string of the molecule is COc1cc(Br)c(OC)c(C(=O)PC2CCCCC2)c1OC.[H-].[Li+]. The van der Waals surface area contributed by atoms with Gasteiger partial charge in [0, 0.05) is 6.07 Å². The van der Waals surface area contributed by atoms with Crippen molar-refractivity contribution in [3.63, 3.8) is 0 Å². The molecule has 0 aliphatic heterocycles. The van der Waals surface area contributed by atoms with Gasteiger partial charge in [-0.25, -0.2) is 0 Å². The molecule has 23 heavy (non-hydrogen) atoms. The van der Waals surface area contributed by atoms with Crippen molar-refractivity contribution in [3.05, 3.63) is 16.1 Å². The smallest absolute Gasteiger partial charge is 1.00 e. The number of halogens is 1. The van der Waals surface area contributed by atoms with Crippen molar-refractivity contribution in [2.24, 2.45) is 0 Å². The van der Waals surface area contributed by atoms with Crippen LogP contribution in [0.25, 0.3) is 0 Å². The zero-order valence-corrected chi connectivity index (χ0v) is 16.8. The summed E-state index contributed by atoms with van der Waals surface area (Å²) >= 11 is 3.45. The molecule has 1 aliphatic rings. The Bertz CT molecular complexity index is 553. The van der Waals surface area contributed by atoms with Crippen LogP contribution in [0.3, 0.4) is 0 Å². The van der Waals surface area contributed by atoms with E-state index in [2.05, 4.69) is 15.9 Å². The average molecular weight is 397 g/mol. The van der Waals surface area contributed by atoms with Crippen molar-refractivity contribution in [3.8, 4) is 17.2 Å². The molecule has 1 fully saturated rings. The van der Waals surface area contributed by atoms with Crippen LogP contribution in [0, 0.1) is 0 Å². The predicted molar refractivity (Wildman–Crippen MR) is 94.4 cm³/mol. The summed E-state index contributed by atoms with van der Waals surface area (Å²) in [6.07, 6.45) is 6.01. The second-order valence-electron chi connectivity index (χ2n) is 5.31. The molecule has 0 heterocycles. The first-order valence-corrected chi connectivity index (χ1v) is 9.28. The van der Waals surface area contributed by atoms with Gasteiger partial charge in [-0.3, -0.25) is 4.79 Å². The second-order valence-corrected chi connectivity index (χ2v) is 7.72. The van der Waals surface area contributed by atoms with Crippen LogP contribution in [0.15, 0.2) is 10.5 Å². The fourth-order valence-corrected chi connectivity index (χ4v) is 4.86. The Balaban J connectivity index is 0.00000264. The van der Waals surface area contributed by atoms with Crippen LogP contribution in [0.2, 0.25) is 0 Å². The average Bonchev–Trinajstić information content (AvgIpc) is 2.54. The van der Waals surface area contributed by atoms with Crippen LogP contribution in [0.5, 0.6) is 17.2 Å². The Morgan fingerprint density at radius 2 is 1.74 bits per heavy atom. The van der Waals surface area contributed by atoms with E-state index in [0.29, 0.717) is 32.9 Å². The van der Waals surface area contributed by atoms with E-state index in [1.807, 2.05) is 0 Å². The van der Waals surface area contributed by atoms with Crippen LogP contribution in [-0.2, 0) is 0 Å². The molecule has 1 saturated carbocycles. The van der Waals surface area contributed by atoms with Gasteiger partial charge in [0.05, 0.1) is 25.8 Å². The third-order valence-electron chi connectivity index (χ3n) is 3.95. The molecule has 0 bridgehead atoms. The van der Waals surface area contributed by atoms with Crippen molar-refractivity contribution in [1.82, 2.24) is 0 Å². The molecule has 124 valence electrons. The maximum Gasteiger partial charge on any atom is 1.00 e. The van der Waals surface area contributed by atoms with Crippen LogP contribution in [0.1, 0.15) is 43.9 Å². The van der Waals surface area contributed by atoms with Gasteiger partial charge in [-0.15, -0.1) is 0 Å². The molecule has 7 heteroatoms. The molecule has 1 aromatic carbocycles. The molecule has 1 atom stereocenters. The largest absolute Gasteiger partial charge is 1.00 e. The summed E-state index contributed by atoms with van der Waals surface area (Å²) in [7, 11) is 4.92. The first kappa shape index (κ1) is 20.8. The number of methoxy groups -OCH3 is 3. The summed E-state index contributed by atoms with van der Waals surface area (Å²) < 4.78 is 16.9. The number of carbonyl (C=O) groups is 1. The van der Waals surface area contributed by atoms with Crippen molar-refractivity contribution in [2.75, 3.05) is 21.3 Å². The minimum atomic E-state index is 0. The van der Waals surface area contributed by atoms with Gasteiger partial charge in [-0.2, -0.15) is 0 Å². The van der Waals surface area contributed by atoms with E-state index in [9.17, 15) is 4.79 Å². The third-order valence-corrected chi connectivity index (χ3v) is 6.04. The standard InChI is InChI=1S/C16H22BrO4P.Li.H/c1-19-12-9-11(17)14(20-2)13(15(12)21-3)16(18)22-10-7-5-4-6-8-10;;/h9-10,22H,4-8H2,1-3H3;;/q;+1;-1. The van der Waals surface area contributed by atoms with Gasteiger partial charge in [0.15, 0.2) is 17.0 Å². The van der Waals surface area contributed by atoms with Crippen LogP contribution >= 0.6 is 24.5 Å². The Hall–Kier alpha value is -0.203. The normalized spacial score (nSPS) is 15.3. The Labute approximate surface area is 161 Å². The van der Waals surface area contributed by atoms with E-state index in [1.54, 1.807) is 27.4 Å². The number of hydrogen-bond acceptors (Lipinski definition) is 4. The molecule has 1 unspecified atom stereocenters. The number of hydrogen-bond donors (Lipinski definition) is 0. The maximum absolute atomic E-state index is 12.9. The quantitative estimate of drug-likeness (QED) is 0.542. The van der Waals surface area contributed by atoms with E-state index in [1.165, 1.54) is 19.3 Å².